The molecule has 2 fully saturated rings. The second-order valence-corrected chi connectivity index (χ2v) is 12.5. The zero-order valence-electron chi connectivity index (χ0n) is 23.0. The van der Waals surface area contributed by atoms with E-state index >= 15 is 4.39 Å². The van der Waals surface area contributed by atoms with Crippen LogP contribution >= 0.6 is 7.60 Å². The molecule has 3 unspecified atom stereocenters. The SMILES string of the molecule is CC1(C)OC2[C@H](O1)[C@H](n1cnc3c(NC(=O)c4ccccc4)ncnc31)OC2(F)COP(C)(=O)OCc1ccccc1. The summed E-state index contributed by atoms with van der Waals surface area (Å²) >= 11 is 0. The third-order valence-electron chi connectivity index (χ3n) is 6.86. The molecule has 2 aliphatic rings. The number of hydrogen-bond acceptors (Lipinski definition) is 10. The van der Waals surface area contributed by atoms with Gasteiger partial charge in [-0.2, -0.15) is 0 Å². The summed E-state index contributed by atoms with van der Waals surface area (Å²) in [5, 5.41) is 2.74. The molecule has 14 heteroatoms. The fourth-order valence-corrected chi connectivity index (χ4v) is 5.77. The highest BCUT2D eigenvalue weighted by atomic mass is 31.2. The topological polar surface area (TPSA) is 136 Å². The van der Waals surface area contributed by atoms with Crippen LogP contribution < -0.4 is 5.32 Å². The lowest BCUT2D eigenvalue weighted by molar-refractivity contribution is -0.262. The maximum absolute atomic E-state index is 16.5. The number of fused-ring (bicyclic) bond motifs is 2. The Kier molecular flexibility index (Phi) is 7.42. The quantitative estimate of drug-likeness (QED) is 0.267. The van der Waals surface area contributed by atoms with E-state index < -0.39 is 44.3 Å². The first-order chi connectivity index (χ1) is 20.0. The van der Waals surface area contributed by atoms with Crippen molar-refractivity contribution in [2.24, 2.45) is 0 Å². The summed E-state index contributed by atoms with van der Waals surface area (Å²) in [5.74, 6) is -3.91. The van der Waals surface area contributed by atoms with Crippen molar-refractivity contribution >= 4 is 30.5 Å². The molecule has 6 rings (SSSR count). The molecule has 12 nitrogen and oxygen atoms in total. The summed E-state index contributed by atoms with van der Waals surface area (Å²) in [6.07, 6.45) is -0.613. The number of benzene rings is 2. The molecule has 1 amide bonds. The van der Waals surface area contributed by atoms with Crippen LogP contribution in [-0.2, 0) is 34.4 Å². The molecule has 0 bridgehead atoms. The number of carbonyl (C=O) groups is 1. The molecular weight excluding hydrogens is 568 g/mol. The van der Waals surface area contributed by atoms with Crippen molar-refractivity contribution in [1.29, 1.82) is 0 Å². The first-order valence-corrected chi connectivity index (χ1v) is 15.2. The molecular formula is C28H29FN5O7P. The second-order valence-electron chi connectivity index (χ2n) is 10.5. The van der Waals surface area contributed by atoms with Gasteiger partial charge in [0.1, 0.15) is 19.0 Å². The maximum atomic E-state index is 16.5. The van der Waals surface area contributed by atoms with Crippen LogP contribution in [0.2, 0.25) is 0 Å². The first-order valence-electron chi connectivity index (χ1n) is 13.2. The predicted molar refractivity (Wildman–Crippen MR) is 148 cm³/mol. The Morgan fingerprint density at radius 1 is 1.02 bits per heavy atom. The number of nitrogens with zero attached hydrogens (tertiary/aromatic N) is 4. The summed E-state index contributed by atoms with van der Waals surface area (Å²) in [4.78, 5) is 25.6. The van der Waals surface area contributed by atoms with Crippen LogP contribution in [0.15, 0.2) is 73.3 Å². The zero-order chi connectivity index (χ0) is 29.5. The van der Waals surface area contributed by atoms with Gasteiger partial charge in [0.2, 0.25) is 0 Å². The summed E-state index contributed by atoms with van der Waals surface area (Å²) in [6, 6.07) is 17.8. The Labute approximate surface area is 240 Å². The predicted octanol–water partition coefficient (Wildman–Crippen LogP) is 4.85. The van der Waals surface area contributed by atoms with Gasteiger partial charge in [-0.15, -0.1) is 0 Å². The maximum Gasteiger partial charge on any atom is 0.328 e. The number of rotatable bonds is 9. The third-order valence-corrected chi connectivity index (χ3v) is 8.05. The van der Waals surface area contributed by atoms with Gasteiger partial charge in [0.15, 0.2) is 35.1 Å². The van der Waals surface area contributed by atoms with Crippen LogP contribution in [0.5, 0.6) is 0 Å². The summed E-state index contributed by atoms with van der Waals surface area (Å²) in [6.45, 7) is 3.86. The van der Waals surface area contributed by atoms with Gasteiger partial charge in [0.25, 0.3) is 11.8 Å². The van der Waals surface area contributed by atoms with Gasteiger partial charge >= 0.3 is 7.60 Å². The molecule has 2 aromatic heterocycles. The lowest BCUT2D eigenvalue weighted by Gasteiger charge is -2.29. The van der Waals surface area contributed by atoms with Gasteiger partial charge < -0.3 is 28.6 Å². The van der Waals surface area contributed by atoms with Gasteiger partial charge in [-0.1, -0.05) is 48.5 Å². The number of anilines is 1. The van der Waals surface area contributed by atoms with E-state index in [2.05, 4.69) is 20.3 Å². The number of amides is 1. The minimum atomic E-state index is -3.68. The number of ether oxygens (including phenoxy) is 3. The molecule has 0 saturated carbocycles. The molecule has 4 aromatic rings. The van der Waals surface area contributed by atoms with Gasteiger partial charge in [-0.05, 0) is 31.5 Å². The Hall–Kier alpha value is -3.58. The van der Waals surface area contributed by atoms with Crippen molar-refractivity contribution in [3.8, 4) is 0 Å². The molecule has 2 aromatic carbocycles. The fourth-order valence-electron chi connectivity index (χ4n) is 4.90. The lowest BCUT2D eigenvalue weighted by Crippen LogP contribution is -2.43. The number of imidazole rings is 1. The average Bonchev–Trinajstić information content (AvgIpc) is 3.63. The summed E-state index contributed by atoms with van der Waals surface area (Å²) in [7, 11) is -3.68. The minimum Gasteiger partial charge on any atom is -0.340 e. The van der Waals surface area contributed by atoms with Crippen molar-refractivity contribution in [2.45, 2.75) is 50.5 Å². The van der Waals surface area contributed by atoms with E-state index in [0.29, 0.717) is 5.56 Å². The van der Waals surface area contributed by atoms with Crippen molar-refractivity contribution in [1.82, 2.24) is 19.5 Å². The molecule has 2 aliphatic heterocycles. The first kappa shape index (κ1) is 28.5. The highest BCUT2D eigenvalue weighted by Crippen LogP contribution is 2.52. The van der Waals surface area contributed by atoms with Crippen LogP contribution in [0, 0.1) is 0 Å². The number of hydrogen-bond donors (Lipinski definition) is 1. The van der Waals surface area contributed by atoms with E-state index in [1.165, 1.54) is 23.9 Å². The molecule has 0 spiro atoms. The highest BCUT2D eigenvalue weighted by Gasteiger charge is 2.65. The van der Waals surface area contributed by atoms with Crippen LogP contribution in [0.25, 0.3) is 11.2 Å². The van der Waals surface area contributed by atoms with Crippen LogP contribution in [0.1, 0.15) is 36.0 Å². The Morgan fingerprint density at radius 3 is 2.48 bits per heavy atom. The molecule has 0 radical (unpaired) electrons. The van der Waals surface area contributed by atoms with Gasteiger partial charge in [0.05, 0.1) is 12.9 Å². The van der Waals surface area contributed by atoms with Crippen molar-refractivity contribution in [3.05, 3.63) is 84.4 Å². The van der Waals surface area contributed by atoms with E-state index in [4.69, 9.17) is 23.3 Å². The van der Waals surface area contributed by atoms with Crippen molar-refractivity contribution in [3.63, 3.8) is 0 Å². The van der Waals surface area contributed by atoms with E-state index in [9.17, 15) is 9.36 Å². The van der Waals surface area contributed by atoms with Gasteiger partial charge in [0, 0.05) is 12.2 Å². The third kappa shape index (κ3) is 5.71. The molecule has 42 heavy (non-hydrogen) atoms. The standard InChI is InChI=1S/C28H29FN5O7P/c1-27(2)39-21-22(40-27)28(29,15-38-42(3,36)37-14-18-10-6-4-7-11-18)41-26(21)34-17-32-20-23(30-16-31-24(20)34)33-25(35)19-12-8-5-9-13-19/h4-13,16-17,21-22,26H,14-15H2,1-3H3,(H,30,31,33,35)/t21-,22?,26+,28?,42?/m0/s1. The summed E-state index contributed by atoms with van der Waals surface area (Å²) in [5.41, 5.74) is 1.76. The summed E-state index contributed by atoms with van der Waals surface area (Å²) < 4.78 is 59.8. The molecule has 5 atom stereocenters. The molecule has 4 heterocycles. The van der Waals surface area contributed by atoms with Crippen LogP contribution in [-0.4, -0.2) is 62.5 Å². The molecule has 2 saturated heterocycles. The van der Waals surface area contributed by atoms with Gasteiger partial charge in [-0.3, -0.25) is 13.9 Å². The average molecular weight is 598 g/mol. The Balaban J connectivity index is 1.23. The monoisotopic (exact) mass is 597 g/mol. The fraction of sp³-hybridized carbons (Fsp3) is 0.357. The largest absolute Gasteiger partial charge is 0.340 e. The smallest absolute Gasteiger partial charge is 0.328 e. The van der Waals surface area contributed by atoms with E-state index in [0.717, 1.165) is 5.56 Å². The van der Waals surface area contributed by atoms with Crippen molar-refractivity contribution < 1.29 is 37.0 Å². The van der Waals surface area contributed by atoms with E-state index in [1.807, 2.05) is 30.3 Å². The number of carbonyl (C=O) groups excluding carboxylic acids is 1. The van der Waals surface area contributed by atoms with Crippen LogP contribution in [0.3, 0.4) is 0 Å². The zero-order valence-corrected chi connectivity index (χ0v) is 23.9. The normalized spacial score (nSPS) is 26.1. The lowest BCUT2D eigenvalue weighted by atomic mass is 10.1. The number of aromatic nitrogens is 4. The highest BCUT2D eigenvalue weighted by molar-refractivity contribution is 7.52. The number of alkyl halides is 1. The molecule has 1 N–H and O–H groups in total. The van der Waals surface area contributed by atoms with Gasteiger partial charge in [-0.25, -0.2) is 19.3 Å². The van der Waals surface area contributed by atoms with Crippen LogP contribution in [0.4, 0.5) is 10.2 Å². The number of halogens is 1. The minimum absolute atomic E-state index is 0.0277. The molecule has 0 aliphatic carbocycles. The molecule has 220 valence electrons. The van der Waals surface area contributed by atoms with E-state index in [1.54, 1.807) is 44.2 Å². The van der Waals surface area contributed by atoms with Crippen molar-refractivity contribution in [2.75, 3.05) is 18.6 Å². The Bertz CT molecular complexity index is 1640. The van der Waals surface area contributed by atoms with E-state index in [-0.39, 0.29) is 29.5 Å². The Morgan fingerprint density at radius 2 is 1.74 bits per heavy atom. The second kappa shape index (κ2) is 10.9. The number of nitrogens with one attached hydrogen (secondary N) is 1.